The van der Waals surface area contributed by atoms with E-state index in [1.165, 1.54) is 11.6 Å². The molecule has 13 heteroatoms. The van der Waals surface area contributed by atoms with Crippen molar-refractivity contribution in [1.82, 2.24) is 30.0 Å². The van der Waals surface area contributed by atoms with Gasteiger partial charge < -0.3 is 25.4 Å². The molecule has 0 radical (unpaired) electrons. The van der Waals surface area contributed by atoms with Crippen LogP contribution >= 0.6 is 0 Å². The molecule has 3 unspecified atom stereocenters. The summed E-state index contributed by atoms with van der Waals surface area (Å²) in [5.74, 6) is 0.119. The zero-order valence-electron chi connectivity index (χ0n) is 35.0. The van der Waals surface area contributed by atoms with Gasteiger partial charge in [0, 0.05) is 47.1 Å². The molecule has 0 spiro atoms. The summed E-state index contributed by atoms with van der Waals surface area (Å²) < 4.78 is 1.64. The number of carbonyl (C=O) groups excluding carboxylic acids is 4. The number of hydrogen-bond acceptors (Lipinski definition) is 8. The second kappa shape index (κ2) is 16.8. The number of imide groups is 1. The first-order chi connectivity index (χ1) is 28.8. The van der Waals surface area contributed by atoms with Crippen LogP contribution in [0.15, 0.2) is 64.1 Å². The van der Waals surface area contributed by atoms with Gasteiger partial charge in [0.1, 0.15) is 17.5 Å². The molecule has 316 valence electrons. The van der Waals surface area contributed by atoms with E-state index in [1.54, 1.807) is 15.5 Å². The molecule has 0 saturated carbocycles. The summed E-state index contributed by atoms with van der Waals surface area (Å²) in [4.78, 5) is 71.1. The standard InChI is InChI=1S/C47H56N6O7/c1-5-37-44(35-22-34(26(2)3)40(54)23-41(35)55)53(47(60)49-37)30-12-14-32-29(21-30)11-9-27(4)31(32)13-10-28-17-19-51(20-18-28)25-43(57)48-38-8-6-7-33-36(38)24-52(46(33)59)39-15-16-42(56)50-45(39)58/h8-9,11-12,14,21-23,26-28,31,39,54-55H,5-7,10,13,15-20,24-25H2,1-4H3,(H,48,57)(H,49,60)(H,50,56,58). The Morgan fingerprint density at radius 3 is 2.48 bits per heavy atom. The number of piperidine rings is 2. The number of H-pyrrole nitrogens is 1. The van der Waals surface area contributed by atoms with Gasteiger partial charge in [0.2, 0.25) is 17.7 Å². The van der Waals surface area contributed by atoms with Crippen molar-refractivity contribution in [3.8, 4) is 28.4 Å². The van der Waals surface area contributed by atoms with Crippen molar-refractivity contribution < 1.29 is 29.4 Å². The van der Waals surface area contributed by atoms with Crippen molar-refractivity contribution in [2.24, 2.45) is 11.8 Å². The second-order valence-corrected chi connectivity index (χ2v) is 17.5. The lowest BCUT2D eigenvalue weighted by Gasteiger charge is -2.34. The van der Waals surface area contributed by atoms with Gasteiger partial charge in [-0.15, -0.1) is 0 Å². The maximum atomic E-state index is 13.5. The predicted octanol–water partition coefficient (Wildman–Crippen LogP) is 5.91. The van der Waals surface area contributed by atoms with Crippen molar-refractivity contribution in [3.05, 3.63) is 92.2 Å². The second-order valence-electron chi connectivity index (χ2n) is 17.5. The van der Waals surface area contributed by atoms with Gasteiger partial charge in [-0.05, 0) is 123 Å². The summed E-state index contributed by atoms with van der Waals surface area (Å²) in [6, 6.07) is 8.67. The Kier molecular flexibility index (Phi) is 11.5. The highest BCUT2D eigenvalue weighted by atomic mass is 16.3. The SMILES string of the molecule is CCc1[nH]c(=O)n(-c2ccc3c(c2)C=CC(C)C3CCC2CCN(CC(=O)NC3=CCCC4=C3CN(C3CCC(=O)NC3=O)C4=O)CC2)c1-c1cc(C(C)C)c(O)cc1O. The molecule has 5 N–H and O–H groups in total. The molecular weight excluding hydrogens is 761 g/mol. The number of rotatable bonds is 11. The van der Waals surface area contributed by atoms with Gasteiger partial charge in [-0.1, -0.05) is 52.0 Å². The number of phenols is 2. The number of likely N-dealkylation sites (tertiary alicyclic amines) is 1. The summed E-state index contributed by atoms with van der Waals surface area (Å²) in [5.41, 5.74) is 7.34. The number of phenolic OH excluding ortho intramolecular Hbond substituents is 2. The van der Waals surface area contributed by atoms with Crippen LogP contribution in [0.2, 0.25) is 0 Å². The first-order valence-electron chi connectivity index (χ1n) is 21.6. The highest BCUT2D eigenvalue weighted by Gasteiger charge is 2.42. The Morgan fingerprint density at radius 1 is 0.967 bits per heavy atom. The molecule has 13 nitrogen and oxygen atoms in total. The molecule has 2 saturated heterocycles. The van der Waals surface area contributed by atoms with Gasteiger partial charge in [0.25, 0.3) is 5.91 Å². The predicted molar refractivity (Wildman–Crippen MR) is 228 cm³/mol. The molecule has 8 rings (SSSR count). The maximum Gasteiger partial charge on any atom is 0.330 e. The number of allylic oxidation sites excluding steroid dienone is 2. The van der Waals surface area contributed by atoms with Crippen molar-refractivity contribution >= 4 is 29.7 Å². The molecule has 1 aromatic heterocycles. The third-order valence-electron chi connectivity index (χ3n) is 13.4. The number of benzene rings is 2. The molecule has 0 bridgehead atoms. The monoisotopic (exact) mass is 816 g/mol. The number of hydrogen-bond donors (Lipinski definition) is 5. The Bertz CT molecular complexity index is 2390. The Labute approximate surface area is 350 Å². The quantitative estimate of drug-likeness (QED) is 0.149. The van der Waals surface area contributed by atoms with E-state index in [2.05, 4.69) is 51.7 Å². The third-order valence-corrected chi connectivity index (χ3v) is 13.4. The highest BCUT2D eigenvalue weighted by Crippen LogP contribution is 2.42. The van der Waals surface area contributed by atoms with Gasteiger partial charge in [0.05, 0.1) is 17.9 Å². The van der Waals surface area contributed by atoms with E-state index in [0.717, 1.165) is 49.9 Å². The van der Waals surface area contributed by atoms with Crippen molar-refractivity contribution in [1.29, 1.82) is 0 Å². The average Bonchev–Trinajstić information content (AvgIpc) is 3.73. The number of amides is 4. The number of aryl methyl sites for hydroxylation is 1. The van der Waals surface area contributed by atoms with Gasteiger partial charge in [-0.25, -0.2) is 4.79 Å². The molecule has 3 aromatic rings. The summed E-state index contributed by atoms with van der Waals surface area (Å²) in [7, 11) is 0. The highest BCUT2D eigenvalue weighted by molar-refractivity contribution is 6.05. The van der Waals surface area contributed by atoms with Crippen LogP contribution in [0.25, 0.3) is 23.0 Å². The molecule has 5 aliphatic rings. The van der Waals surface area contributed by atoms with E-state index in [0.29, 0.717) is 82.9 Å². The number of carbonyl (C=O) groups is 4. The van der Waals surface area contributed by atoms with Gasteiger partial charge >= 0.3 is 5.69 Å². The first kappa shape index (κ1) is 41.1. The zero-order valence-corrected chi connectivity index (χ0v) is 35.0. The van der Waals surface area contributed by atoms with Crippen LogP contribution in [-0.2, 0) is 25.6 Å². The van der Waals surface area contributed by atoms with Crippen LogP contribution in [0, 0.1) is 11.8 Å². The van der Waals surface area contributed by atoms with E-state index in [-0.39, 0.29) is 60.3 Å². The fraction of sp³-hybridized carbons (Fsp3) is 0.468. The lowest BCUT2D eigenvalue weighted by molar-refractivity contribution is -0.142. The summed E-state index contributed by atoms with van der Waals surface area (Å²) in [6.07, 6.45) is 12.7. The van der Waals surface area contributed by atoms with E-state index in [1.807, 2.05) is 32.9 Å². The zero-order chi connectivity index (χ0) is 42.4. The third kappa shape index (κ3) is 7.87. The topological polar surface area (TPSA) is 177 Å². The van der Waals surface area contributed by atoms with Crippen LogP contribution in [0.4, 0.5) is 0 Å². The molecule has 2 aromatic carbocycles. The number of fused-ring (bicyclic) bond motifs is 1. The van der Waals surface area contributed by atoms with Gasteiger partial charge in [0.15, 0.2) is 0 Å². The van der Waals surface area contributed by atoms with Gasteiger partial charge in [-0.2, -0.15) is 0 Å². The molecule has 2 aliphatic carbocycles. The Morgan fingerprint density at radius 2 is 1.75 bits per heavy atom. The van der Waals surface area contributed by atoms with Crippen LogP contribution in [0.3, 0.4) is 0 Å². The number of nitrogens with zero attached hydrogens (tertiary/aromatic N) is 3. The fourth-order valence-electron chi connectivity index (χ4n) is 10.0. The minimum Gasteiger partial charge on any atom is -0.508 e. The van der Waals surface area contributed by atoms with E-state index in [4.69, 9.17) is 0 Å². The number of aromatic nitrogens is 2. The smallest absolute Gasteiger partial charge is 0.330 e. The normalized spacial score (nSPS) is 22.3. The molecule has 3 aliphatic heterocycles. The van der Waals surface area contributed by atoms with Crippen molar-refractivity contribution in [2.45, 2.75) is 103 Å². The average molecular weight is 817 g/mol. The fourth-order valence-corrected chi connectivity index (χ4v) is 10.0. The van der Waals surface area contributed by atoms with Crippen molar-refractivity contribution in [2.75, 3.05) is 26.2 Å². The van der Waals surface area contributed by atoms with Gasteiger partial charge in [-0.3, -0.25) is 34.0 Å². The number of aromatic amines is 1. The van der Waals surface area contributed by atoms with Crippen molar-refractivity contribution in [3.63, 3.8) is 0 Å². The number of imidazole rings is 1. The molecule has 4 amide bonds. The molecule has 4 heterocycles. The molecule has 60 heavy (non-hydrogen) atoms. The number of aromatic hydroxyl groups is 2. The minimum atomic E-state index is -0.682. The Hall–Kier alpha value is -5.69. The molecular formula is C47H56N6O7. The van der Waals surface area contributed by atoms with Crippen LogP contribution in [-0.4, -0.2) is 85.4 Å². The summed E-state index contributed by atoms with van der Waals surface area (Å²) in [6.45, 7) is 10.4. The minimum absolute atomic E-state index is 0.0165. The van der Waals surface area contributed by atoms with Crippen LogP contribution in [0.5, 0.6) is 11.5 Å². The largest absolute Gasteiger partial charge is 0.508 e. The lowest BCUT2D eigenvalue weighted by atomic mass is 9.76. The molecule has 3 atom stereocenters. The van der Waals surface area contributed by atoms with Crippen LogP contribution < -0.4 is 16.3 Å². The lowest BCUT2D eigenvalue weighted by Crippen LogP contribution is -2.53. The Balaban J connectivity index is 0.879. The van der Waals surface area contributed by atoms with E-state index < -0.39 is 11.9 Å². The summed E-state index contributed by atoms with van der Waals surface area (Å²) >= 11 is 0. The van der Waals surface area contributed by atoms with Crippen LogP contribution in [0.1, 0.15) is 113 Å². The first-order valence-corrected chi connectivity index (χ1v) is 21.6. The van der Waals surface area contributed by atoms with E-state index in [9.17, 15) is 34.2 Å². The molecule has 2 fully saturated rings. The van der Waals surface area contributed by atoms with E-state index >= 15 is 0 Å². The number of nitrogens with one attached hydrogen (secondary N) is 3. The maximum absolute atomic E-state index is 13.5. The summed E-state index contributed by atoms with van der Waals surface area (Å²) in [5, 5.41) is 27.0.